The molecule has 4 heteroatoms. The Kier molecular flexibility index (Phi) is 5.55. The van der Waals surface area contributed by atoms with Crippen LogP contribution in [0.25, 0.3) is 0 Å². The van der Waals surface area contributed by atoms with Crippen LogP contribution in [0.15, 0.2) is 48.5 Å². The maximum Gasteiger partial charge on any atom is 0.255 e. The Morgan fingerprint density at radius 1 is 1.14 bits per heavy atom. The molecule has 0 aliphatic rings. The Morgan fingerprint density at radius 2 is 1.77 bits per heavy atom. The molecular weight excluding hydrogens is 276 g/mol. The van der Waals surface area contributed by atoms with E-state index in [9.17, 15) is 4.79 Å². The molecule has 0 radical (unpaired) electrons. The highest BCUT2D eigenvalue weighted by molar-refractivity contribution is 6.04. The zero-order chi connectivity index (χ0) is 15.9. The molecule has 1 unspecified atom stereocenters. The summed E-state index contributed by atoms with van der Waals surface area (Å²) >= 11 is 0. The number of benzene rings is 2. The lowest BCUT2D eigenvalue weighted by Crippen LogP contribution is -2.12. The number of carbonyl (C=O) groups excluding carboxylic acids is 1. The Morgan fingerprint density at radius 3 is 2.32 bits per heavy atom. The first-order valence-corrected chi connectivity index (χ1v) is 7.49. The molecule has 1 atom stereocenters. The Labute approximate surface area is 131 Å². The largest absolute Gasteiger partial charge is 0.491 e. The summed E-state index contributed by atoms with van der Waals surface area (Å²) in [6, 6.07) is 14.7. The SMILES string of the molecule is CCC(C)Oc1ccc(NC(=O)c2ccc(CN)cc2)cc1. The van der Waals surface area contributed by atoms with Crippen LogP contribution in [0.1, 0.15) is 36.2 Å². The van der Waals surface area contributed by atoms with Crippen LogP contribution < -0.4 is 15.8 Å². The van der Waals surface area contributed by atoms with E-state index in [1.165, 1.54) is 0 Å². The van der Waals surface area contributed by atoms with Gasteiger partial charge in [-0.25, -0.2) is 0 Å². The Balaban J connectivity index is 1.98. The molecule has 0 heterocycles. The highest BCUT2D eigenvalue weighted by atomic mass is 16.5. The summed E-state index contributed by atoms with van der Waals surface area (Å²) in [5.41, 5.74) is 7.90. The fraction of sp³-hybridized carbons (Fsp3) is 0.278. The predicted octanol–water partition coefficient (Wildman–Crippen LogP) is 3.57. The molecule has 22 heavy (non-hydrogen) atoms. The van der Waals surface area contributed by atoms with Crippen LogP contribution in [0.4, 0.5) is 5.69 Å². The van der Waals surface area contributed by atoms with Crippen LogP contribution in [-0.4, -0.2) is 12.0 Å². The highest BCUT2D eigenvalue weighted by Crippen LogP contribution is 2.18. The number of ether oxygens (including phenoxy) is 1. The third-order valence-electron chi connectivity index (χ3n) is 3.48. The minimum Gasteiger partial charge on any atom is -0.491 e. The summed E-state index contributed by atoms with van der Waals surface area (Å²) in [7, 11) is 0. The first-order valence-electron chi connectivity index (χ1n) is 7.49. The zero-order valence-corrected chi connectivity index (χ0v) is 13.0. The van der Waals surface area contributed by atoms with Gasteiger partial charge >= 0.3 is 0 Å². The number of hydrogen-bond donors (Lipinski definition) is 2. The van der Waals surface area contributed by atoms with E-state index in [0.29, 0.717) is 12.1 Å². The molecule has 116 valence electrons. The van der Waals surface area contributed by atoms with Gasteiger partial charge in [-0.2, -0.15) is 0 Å². The van der Waals surface area contributed by atoms with Crippen molar-refractivity contribution in [1.82, 2.24) is 0 Å². The van der Waals surface area contributed by atoms with Gasteiger partial charge in [0.1, 0.15) is 5.75 Å². The van der Waals surface area contributed by atoms with Crippen molar-refractivity contribution in [2.24, 2.45) is 5.73 Å². The molecule has 0 aliphatic carbocycles. The van der Waals surface area contributed by atoms with Crippen molar-refractivity contribution < 1.29 is 9.53 Å². The monoisotopic (exact) mass is 298 g/mol. The smallest absolute Gasteiger partial charge is 0.255 e. The van der Waals surface area contributed by atoms with Crippen LogP contribution in [0.3, 0.4) is 0 Å². The fourth-order valence-electron chi connectivity index (χ4n) is 1.93. The van der Waals surface area contributed by atoms with Crippen LogP contribution in [0, 0.1) is 0 Å². The molecule has 0 fully saturated rings. The fourth-order valence-corrected chi connectivity index (χ4v) is 1.93. The zero-order valence-electron chi connectivity index (χ0n) is 13.0. The van der Waals surface area contributed by atoms with Gasteiger partial charge in [0.15, 0.2) is 0 Å². The summed E-state index contributed by atoms with van der Waals surface area (Å²) in [6.07, 6.45) is 1.14. The van der Waals surface area contributed by atoms with Crippen LogP contribution >= 0.6 is 0 Å². The first-order chi connectivity index (χ1) is 10.6. The van der Waals surface area contributed by atoms with E-state index in [0.717, 1.165) is 23.4 Å². The lowest BCUT2D eigenvalue weighted by Gasteiger charge is -2.13. The van der Waals surface area contributed by atoms with E-state index in [1.54, 1.807) is 12.1 Å². The van der Waals surface area contributed by atoms with Gasteiger partial charge in [0.2, 0.25) is 0 Å². The van der Waals surface area contributed by atoms with Gasteiger partial charge < -0.3 is 15.8 Å². The Bertz CT molecular complexity index is 606. The van der Waals surface area contributed by atoms with Crippen molar-refractivity contribution in [1.29, 1.82) is 0 Å². The summed E-state index contributed by atoms with van der Waals surface area (Å²) in [5, 5.41) is 2.86. The molecule has 0 saturated carbocycles. The molecule has 2 rings (SSSR count). The summed E-state index contributed by atoms with van der Waals surface area (Å²) in [5.74, 6) is 0.666. The topological polar surface area (TPSA) is 64.3 Å². The molecule has 2 aromatic rings. The molecule has 0 bridgehead atoms. The molecule has 4 nitrogen and oxygen atoms in total. The second-order valence-electron chi connectivity index (χ2n) is 5.22. The van der Waals surface area contributed by atoms with Gasteiger partial charge in [-0.1, -0.05) is 19.1 Å². The molecule has 0 spiro atoms. The van der Waals surface area contributed by atoms with Crippen molar-refractivity contribution in [2.75, 3.05) is 5.32 Å². The third kappa shape index (κ3) is 4.33. The normalized spacial score (nSPS) is 11.8. The maximum absolute atomic E-state index is 12.1. The number of hydrogen-bond acceptors (Lipinski definition) is 3. The molecular formula is C18H22N2O2. The molecule has 3 N–H and O–H groups in total. The van der Waals surface area contributed by atoms with Gasteiger partial charge in [-0.05, 0) is 55.3 Å². The standard InChI is InChI=1S/C18H22N2O2/c1-3-13(2)22-17-10-8-16(9-11-17)20-18(21)15-6-4-14(12-19)5-7-15/h4-11,13H,3,12,19H2,1-2H3,(H,20,21). The van der Waals surface area contributed by atoms with Crippen LogP contribution in [-0.2, 0) is 6.54 Å². The minimum atomic E-state index is -0.140. The number of nitrogens with two attached hydrogens (primary N) is 1. The van der Waals surface area contributed by atoms with Crippen molar-refractivity contribution >= 4 is 11.6 Å². The lowest BCUT2D eigenvalue weighted by molar-refractivity contribution is 0.102. The van der Waals surface area contributed by atoms with Crippen molar-refractivity contribution in [3.8, 4) is 5.75 Å². The summed E-state index contributed by atoms with van der Waals surface area (Å²) < 4.78 is 5.71. The second kappa shape index (κ2) is 7.61. The van der Waals surface area contributed by atoms with Gasteiger partial charge in [0, 0.05) is 17.8 Å². The van der Waals surface area contributed by atoms with E-state index in [2.05, 4.69) is 12.2 Å². The minimum absolute atomic E-state index is 0.140. The molecule has 0 aromatic heterocycles. The predicted molar refractivity (Wildman–Crippen MR) is 89.1 cm³/mol. The summed E-state index contributed by atoms with van der Waals surface area (Å²) in [4.78, 5) is 12.1. The van der Waals surface area contributed by atoms with E-state index in [4.69, 9.17) is 10.5 Å². The second-order valence-corrected chi connectivity index (χ2v) is 5.22. The average Bonchev–Trinajstić information content (AvgIpc) is 2.56. The average molecular weight is 298 g/mol. The summed E-state index contributed by atoms with van der Waals surface area (Å²) in [6.45, 7) is 4.58. The van der Waals surface area contributed by atoms with E-state index >= 15 is 0 Å². The van der Waals surface area contributed by atoms with E-state index in [-0.39, 0.29) is 12.0 Å². The van der Waals surface area contributed by atoms with Gasteiger partial charge in [-0.15, -0.1) is 0 Å². The Hall–Kier alpha value is -2.33. The van der Waals surface area contributed by atoms with Gasteiger partial charge in [0.25, 0.3) is 5.91 Å². The van der Waals surface area contributed by atoms with Crippen molar-refractivity contribution in [3.63, 3.8) is 0 Å². The van der Waals surface area contributed by atoms with E-state index in [1.807, 2.05) is 43.3 Å². The molecule has 0 aliphatic heterocycles. The van der Waals surface area contributed by atoms with Crippen molar-refractivity contribution in [3.05, 3.63) is 59.7 Å². The van der Waals surface area contributed by atoms with Gasteiger partial charge in [-0.3, -0.25) is 4.79 Å². The molecule has 2 aromatic carbocycles. The number of nitrogens with one attached hydrogen (secondary N) is 1. The van der Waals surface area contributed by atoms with Gasteiger partial charge in [0.05, 0.1) is 6.10 Å². The quantitative estimate of drug-likeness (QED) is 0.856. The number of anilines is 1. The van der Waals surface area contributed by atoms with E-state index < -0.39 is 0 Å². The van der Waals surface area contributed by atoms with Crippen molar-refractivity contribution in [2.45, 2.75) is 32.9 Å². The number of rotatable bonds is 6. The molecule has 1 amide bonds. The number of amides is 1. The van der Waals surface area contributed by atoms with Crippen LogP contribution in [0.5, 0.6) is 5.75 Å². The lowest BCUT2D eigenvalue weighted by atomic mass is 10.1. The highest BCUT2D eigenvalue weighted by Gasteiger charge is 2.06. The maximum atomic E-state index is 12.1. The first kappa shape index (κ1) is 16.0. The number of carbonyl (C=O) groups is 1. The van der Waals surface area contributed by atoms with Crippen LogP contribution in [0.2, 0.25) is 0 Å². The molecule has 0 saturated heterocycles. The third-order valence-corrected chi connectivity index (χ3v) is 3.48.